The fourth-order valence-corrected chi connectivity index (χ4v) is 3.35. The first-order valence-electron chi connectivity index (χ1n) is 8.22. The molecule has 1 aromatic carbocycles. The molecule has 128 valence electrons. The second-order valence-corrected chi connectivity index (χ2v) is 6.52. The number of aryl methyl sites for hydroxylation is 2. The zero-order valence-electron chi connectivity index (χ0n) is 14.0. The first-order chi connectivity index (χ1) is 11.6. The van der Waals surface area contributed by atoms with Crippen LogP contribution >= 0.6 is 0 Å². The number of nitrogens with one attached hydrogen (secondary N) is 2. The van der Waals surface area contributed by atoms with Gasteiger partial charge in [0.25, 0.3) is 0 Å². The number of aliphatic hydroxyl groups excluding tert-OH is 1. The van der Waals surface area contributed by atoms with Gasteiger partial charge in [0.05, 0.1) is 12.6 Å². The fraction of sp³-hybridized carbons (Fsp3) is 0.444. The molecule has 24 heavy (non-hydrogen) atoms. The van der Waals surface area contributed by atoms with E-state index in [1.807, 2.05) is 30.3 Å². The summed E-state index contributed by atoms with van der Waals surface area (Å²) in [6.45, 7) is 3.59. The van der Waals surface area contributed by atoms with Crippen LogP contribution < -0.4 is 10.6 Å². The molecule has 0 bridgehead atoms. The minimum Gasteiger partial charge on any atom is -0.396 e. The van der Waals surface area contributed by atoms with Crippen molar-refractivity contribution in [1.82, 2.24) is 10.5 Å². The van der Waals surface area contributed by atoms with Crippen LogP contribution in [-0.2, 0) is 0 Å². The molecule has 0 spiro atoms. The molecule has 0 saturated heterocycles. The van der Waals surface area contributed by atoms with E-state index in [-0.39, 0.29) is 24.1 Å². The number of anilines is 1. The van der Waals surface area contributed by atoms with Crippen molar-refractivity contribution in [2.45, 2.75) is 39.2 Å². The van der Waals surface area contributed by atoms with E-state index in [1.54, 1.807) is 13.8 Å². The van der Waals surface area contributed by atoms with Crippen LogP contribution in [0.3, 0.4) is 0 Å². The van der Waals surface area contributed by atoms with E-state index in [2.05, 4.69) is 15.8 Å². The number of hydrogen-bond donors (Lipinski definition) is 3. The van der Waals surface area contributed by atoms with Crippen molar-refractivity contribution in [3.8, 4) is 0 Å². The summed E-state index contributed by atoms with van der Waals surface area (Å²) in [5, 5.41) is 19.6. The zero-order chi connectivity index (χ0) is 17.2. The predicted molar refractivity (Wildman–Crippen MR) is 90.7 cm³/mol. The summed E-state index contributed by atoms with van der Waals surface area (Å²) < 4.78 is 5.07. The molecule has 0 unspecified atom stereocenters. The summed E-state index contributed by atoms with van der Waals surface area (Å²) in [4.78, 5) is 12.5. The highest BCUT2D eigenvalue weighted by atomic mass is 16.5. The molecule has 1 fully saturated rings. The van der Waals surface area contributed by atoms with Gasteiger partial charge in [-0.1, -0.05) is 41.9 Å². The third-order valence-electron chi connectivity index (χ3n) is 4.96. The Bertz CT molecular complexity index is 683. The zero-order valence-corrected chi connectivity index (χ0v) is 14.0. The van der Waals surface area contributed by atoms with Gasteiger partial charge in [-0.25, -0.2) is 4.79 Å². The van der Waals surface area contributed by atoms with Gasteiger partial charge in [-0.2, -0.15) is 0 Å². The molecule has 0 radical (unpaired) electrons. The minimum absolute atomic E-state index is 0.0537. The molecule has 0 aliphatic heterocycles. The largest absolute Gasteiger partial charge is 0.396 e. The van der Waals surface area contributed by atoms with E-state index in [0.29, 0.717) is 17.1 Å². The van der Waals surface area contributed by atoms with Gasteiger partial charge in [-0.05, 0) is 32.3 Å². The third kappa shape index (κ3) is 3.01. The molecule has 1 saturated carbocycles. The van der Waals surface area contributed by atoms with E-state index in [9.17, 15) is 9.90 Å². The smallest absolute Gasteiger partial charge is 0.319 e. The van der Waals surface area contributed by atoms with E-state index in [0.717, 1.165) is 24.8 Å². The third-order valence-corrected chi connectivity index (χ3v) is 4.96. The molecule has 6 heteroatoms. The Morgan fingerprint density at radius 1 is 1.33 bits per heavy atom. The van der Waals surface area contributed by atoms with Crippen LogP contribution in [0.5, 0.6) is 0 Å². The Kier molecular flexibility index (Phi) is 4.57. The Labute approximate surface area is 141 Å². The van der Waals surface area contributed by atoms with E-state index >= 15 is 0 Å². The number of benzene rings is 1. The van der Waals surface area contributed by atoms with Crippen molar-refractivity contribution in [2.75, 3.05) is 11.9 Å². The fourth-order valence-electron chi connectivity index (χ4n) is 3.35. The first kappa shape index (κ1) is 16.5. The topological polar surface area (TPSA) is 87.4 Å². The number of carbonyl (C=O) groups excluding carboxylic acids is 1. The molecule has 3 N–H and O–H groups in total. The van der Waals surface area contributed by atoms with Crippen LogP contribution in [0.4, 0.5) is 10.5 Å². The maximum Gasteiger partial charge on any atom is 0.319 e. The number of nitrogens with zero attached hydrogens (tertiary/aromatic N) is 1. The SMILES string of the molecule is Cc1noc(C)c1NC(=O)N[C@@H](c1ccccc1)C1(CO)CCC1. The molecule has 6 nitrogen and oxygen atoms in total. The molecule has 1 aliphatic carbocycles. The predicted octanol–water partition coefficient (Wildman–Crippen LogP) is 3.32. The summed E-state index contributed by atoms with van der Waals surface area (Å²) in [6, 6.07) is 9.24. The Morgan fingerprint density at radius 3 is 2.54 bits per heavy atom. The van der Waals surface area contributed by atoms with Crippen LogP contribution in [0.15, 0.2) is 34.9 Å². The maximum atomic E-state index is 12.5. The Balaban J connectivity index is 1.81. The average Bonchev–Trinajstić information content (AvgIpc) is 2.86. The number of carbonyl (C=O) groups is 1. The quantitative estimate of drug-likeness (QED) is 0.785. The molecule has 3 rings (SSSR count). The molecule has 2 aromatic rings. The van der Waals surface area contributed by atoms with E-state index in [4.69, 9.17) is 4.52 Å². The van der Waals surface area contributed by atoms with Crippen molar-refractivity contribution in [3.63, 3.8) is 0 Å². The molecule has 1 aliphatic rings. The van der Waals surface area contributed by atoms with Gasteiger partial charge in [-0.15, -0.1) is 0 Å². The molecule has 1 aromatic heterocycles. The van der Waals surface area contributed by atoms with Gasteiger partial charge in [0.2, 0.25) is 0 Å². The lowest BCUT2D eigenvalue weighted by molar-refractivity contribution is 0.00969. The van der Waals surface area contributed by atoms with Crippen LogP contribution in [0.2, 0.25) is 0 Å². The lowest BCUT2D eigenvalue weighted by Gasteiger charge is -2.46. The summed E-state index contributed by atoms with van der Waals surface area (Å²) in [6.07, 6.45) is 2.86. The van der Waals surface area contributed by atoms with Crippen LogP contribution in [0.25, 0.3) is 0 Å². The van der Waals surface area contributed by atoms with Crippen molar-refractivity contribution in [1.29, 1.82) is 0 Å². The number of urea groups is 1. The van der Waals surface area contributed by atoms with Gasteiger partial charge >= 0.3 is 6.03 Å². The molecule has 2 amide bonds. The van der Waals surface area contributed by atoms with Gasteiger partial charge in [0.15, 0.2) is 5.76 Å². The number of hydrogen-bond acceptors (Lipinski definition) is 4. The maximum absolute atomic E-state index is 12.5. The standard InChI is InChI=1S/C18H23N3O3/c1-12-15(13(2)24-21-12)19-17(23)20-16(14-7-4-3-5-8-14)18(11-22)9-6-10-18/h3-5,7-8,16,22H,6,9-11H2,1-2H3,(H2,19,20,23)/t16-/m0/s1. The molecular weight excluding hydrogens is 306 g/mol. The van der Waals surface area contributed by atoms with Gasteiger partial charge < -0.3 is 20.3 Å². The highest BCUT2D eigenvalue weighted by Gasteiger charge is 2.45. The lowest BCUT2D eigenvalue weighted by Crippen LogP contribution is -2.48. The number of aliphatic hydroxyl groups is 1. The molecule has 1 heterocycles. The highest BCUT2D eigenvalue weighted by Crippen LogP contribution is 2.49. The minimum atomic E-state index is -0.321. The lowest BCUT2D eigenvalue weighted by atomic mass is 9.63. The highest BCUT2D eigenvalue weighted by molar-refractivity contribution is 5.90. The summed E-state index contributed by atoms with van der Waals surface area (Å²) >= 11 is 0. The molecular formula is C18H23N3O3. The van der Waals surface area contributed by atoms with Crippen molar-refractivity contribution >= 4 is 11.7 Å². The summed E-state index contributed by atoms with van der Waals surface area (Å²) in [5.41, 5.74) is 1.93. The Morgan fingerprint density at radius 2 is 2.04 bits per heavy atom. The first-order valence-corrected chi connectivity index (χ1v) is 8.22. The number of rotatable bonds is 5. The van der Waals surface area contributed by atoms with Gasteiger partial charge in [0.1, 0.15) is 11.4 Å². The summed E-state index contributed by atoms with van der Waals surface area (Å²) in [5.74, 6) is 0.569. The van der Waals surface area contributed by atoms with E-state index < -0.39 is 0 Å². The van der Waals surface area contributed by atoms with Crippen molar-refractivity contribution < 1.29 is 14.4 Å². The van der Waals surface area contributed by atoms with Gasteiger partial charge in [-0.3, -0.25) is 0 Å². The normalized spacial score (nSPS) is 17.0. The summed E-state index contributed by atoms with van der Waals surface area (Å²) in [7, 11) is 0. The van der Waals surface area contributed by atoms with Gasteiger partial charge in [0, 0.05) is 5.41 Å². The number of aromatic nitrogens is 1. The van der Waals surface area contributed by atoms with Crippen molar-refractivity contribution in [3.05, 3.63) is 47.3 Å². The van der Waals surface area contributed by atoms with E-state index in [1.165, 1.54) is 0 Å². The van der Waals surface area contributed by atoms with Crippen LogP contribution in [0.1, 0.15) is 42.3 Å². The van der Waals surface area contributed by atoms with Crippen molar-refractivity contribution in [2.24, 2.45) is 5.41 Å². The second-order valence-electron chi connectivity index (χ2n) is 6.52. The molecule has 1 atom stereocenters. The van der Waals surface area contributed by atoms with Crippen LogP contribution in [0, 0.1) is 19.3 Å². The monoisotopic (exact) mass is 329 g/mol. The second kappa shape index (κ2) is 6.65. The Hall–Kier alpha value is -2.34. The number of amides is 2. The van der Waals surface area contributed by atoms with Crippen LogP contribution in [-0.4, -0.2) is 22.9 Å². The average molecular weight is 329 g/mol.